The summed E-state index contributed by atoms with van der Waals surface area (Å²) in [5.41, 5.74) is 7.92. The highest BCUT2D eigenvalue weighted by Gasteiger charge is 2.25. The average molecular weight is 344 g/mol. The van der Waals surface area contributed by atoms with E-state index in [-0.39, 0.29) is 24.4 Å². The fourth-order valence-corrected chi connectivity index (χ4v) is 3.15. The molecule has 3 atom stereocenters. The maximum absolute atomic E-state index is 12.8. The van der Waals surface area contributed by atoms with E-state index in [4.69, 9.17) is 26.8 Å². The van der Waals surface area contributed by atoms with Crippen LogP contribution in [-0.4, -0.2) is 32.0 Å². The van der Waals surface area contributed by atoms with Crippen LogP contribution in [0.4, 0.5) is 4.39 Å². The van der Waals surface area contributed by atoms with Gasteiger partial charge in [0.05, 0.1) is 19.1 Å². The van der Waals surface area contributed by atoms with Crippen LogP contribution in [-0.2, 0) is 14.3 Å². The van der Waals surface area contributed by atoms with Gasteiger partial charge in [-0.15, -0.1) is 0 Å². The zero-order chi connectivity index (χ0) is 16.8. The molecular weight excluding hydrogens is 321 g/mol. The smallest absolute Gasteiger partial charge is 0.307 e. The summed E-state index contributed by atoms with van der Waals surface area (Å²) < 4.78 is 23.1. The SMILES string of the molecule is CCOC(=O)C[C@H](N)c1cc(Cl)cc([C@H]2CCO[C@H](CF)C2)c1. The van der Waals surface area contributed by atoms with Crippen LogP contribution in [0.2, 0.25) is 5.02 Å². The first-order valence-corrected chi connectivity index (χ1v) is 8.30. The molecular formula is C17H23ClFNO3. The Morgan fingerprint density at radius 2 is 2.30 bits per heavy atom. The van der Waals surface area contributed by atoms with Gasteiger partial charge >= 0.3 is 5.97 Å². The average Bonchev–Trinajstić information content (AvgIpc) is 2.54. The second-order valence-corrected chi connectivity index (χ2v) is 6.24. The van der Waals surface area contributed by atoms with Crippen molar-refractivity contribution in [3.8, 4) is 0 Å². The number of esters is 1. The quantitative estimate of drug-likeness (QED) is 0.803. The molecule has 1 aliphatic heterocycles. The summed E-state index contributed by atoms with van der Waals surface area (Å²) in [7, 11) is 0. The highest BCUT2D eigenvalue weighted by atomic mass is 35.5. The number of hydrogen-bond donors (Lipinski definition) is 1. The minimum absolute atomic E-state index is 0.106. The summed E-state index contributed by atoms with van der Waals surface area (Å²) in [6.45, 7) is 2.15. The van der Waals surface area contributed by atoms with Crippen molar-refractivity contribution in [2.24, 2.45) is 5.73 Å². The maximum atomic E-state index is 12.8. The van der Waals surface area contributed by atoms with Crippen molar-refractivity contribution in [1.82, 2.24) is 0 Å². The lowest BCUT2D eigenvalue weighted by molar-refractivity contribution is -0.143. The standard InChI is InChI=1S/C17H23ClFNO3/c1-2-22-17(21)9-16(20)13-5-12(6-14(18)7-13)11-3-4-23-15(8-11)10-19/h5-7,11,15-16H,2-4,8-10,20H2,1H3/t11-,15-,16-/m0/s1. The number of carbonyl (C=O) groups excluding carboxylic acids is 1. The molecule has 0 radical (unpaired) electrons. The normalized spacial score (nSPS) is 22.6. The van der Waals surface area contributed by atoms with Gasteiger partial charge in [-0.05, 0) is 48.9 Å². The van der Waals surface area contributed by atoms with Gasteiger partial charge in [0.1, 0.15) is 6.67 Å². The van der Waals surface area contributed by atoms with Gasteiger partial charge in [-0.2, -0.15) is 0 Å². The first kappa shape index (κ1) is 18.2. The zero-order valence-electron chi connectivity index (χ0n) is 13.3. The van der Waals surface area contributed by atoms with E-state index in [1.54, 1.807) is 13.0 Å². The Labute approximate surface area is 141 Å². The van der Waals surface area contributed by atoms with Crippen molar-refractivity contribution in [2.75, 3.05) is 19.9 Å². The molecule has 0 amide bonds. The minimum Gasteiger partial charge on any atom is -0.466 e. The summed E-state index contributed by atoms with van der Waals surface area (Å²) in [5, 5.41) is 0.570. The van der Waals surface area contributed by atoms with Gasteiger partial charge in [-0.3, -0.25) is 4.79 Å². The van der Waals surface area contributed by atoms with Gasteiger partial charge in [0.25, 0.3) is 0 Å². The number of carbonyl (C=O) groups is 1. The molecule has 23 heavy (non-hydrogen) atoms. The van der Waals surface area contributed by atoms with Gasteiger partial charge in [-0.1, -0.05) is 17.7 Å². The number of ether oxygens (including phenoxy) is 2. The maximum Gasteiger partial charge on any atom is 0.307 e. The Morgan fingerprint density at radius 3 is 3.00 bits per heavy atom. The molecule has 1 saturated heterocycles. The lowest BCUT2D eigenvalue weighted by Crippen LogP contribution is -2.26. The van der Waals surface area contributed by atoms with Gasteiger partial charge in [0, 0.05) is 17.7 Å². The summed E-state index contributed by atoms with van der Waals surface area (Å²) in [5.74, 6) is -0.137. The monoisotopic (exact) mass is 343 g/mol. The molecule has 4 nitrogen and oxygen atoms in total. The molecule has 2 rings (SSSR count). The molecule has 1 aliphatic rings. The second kappa shape index (κ2) is 8.62. The Hall–Kier alpha value is -1.17. The molecule has 2 N–H and O–H groups in total. The fourth-order valence-electron chi connectivity index (χ4n) is 2.89. The largest absolute Gasteiger partial charge is 0.466 e. The van der Waals surface area contributed by atoms with Crippen LogP contribution in [0.1, 0.15) is 49.3 Å². The number of nitrogens with two attached hydrogens (primary N) is 1. The third kappa shape index (κ3) is 5.16. The Kier molecular flexibility index (Phi) is 6.81. The Bertz CT molecular complexity index is 541. The molecule has 1 fully saturated rings. The van der Waals surface area contributed by atoms with E-state index in [9.17, 15) is 9.18 Å². The van der Waals surface area contributed by atoms with E-state index in [0.29, 0.717) is 24.7 Å². The molecule has 128 valence electrons. The predicted octanol–water partition coefficient (Wildman–Crippen LogP) is 3.53. The first-order valence-electron chi connectivity index (χ1n) is 7.92. The molecule has 0 spiro atoms. The van der Waals surface area contributed by atoms with E-state index in [0.717, 1.165) is 17.5 Å². The number of halogens is 2. The molecule has 0 unspecified atom stereocenters. The molecule has 6 heteroatoms. The van der Waals surface area contributed by atoms with Gasteiger partial charge in [-0.25, -0.2) is 4.39 Å². The summed E-state index contributed by atoms with van der Waals surface area (Å²) in [6, 6.07) is 5.14. The number of rotatable bonds is 6. The van der Waals surface area contributed by atoms with Gasteiger partial charge in [0.15, 0.2) is 0 Å². The van der Waals surface area contributed by atoms with E-state index in [1.807, 2.05) is 12.1 Å². The van der Waals surface area contributed by atoms with Crippen molar-refractivity contribution in [1.29, 1.82) is 0 Å². The van der Waals surface area contributed by atoms with Crippen LogP contribution >= 0.6 is 11.6 Å². The van der Waals surface area contributed by atoms with Crippen molar-refractivity contribution < 1.29 is 18.7 Å². The lowest BCUT2D eigenvalue weighted by Gasteiger charge is -2.29. The summed E-state index contributed by atoms with van der Waals surface area (Å²) in [6.07, 6.45) is 1.20. The van der Waals surface area contributed by atoms with Crippen LogP contribution in [0.3, 0.4) is 0 Å². The summed E-state index contributed by atoms with van der Waals surface area (Å²) >= 11 is 6.20. The summed E-state index contributed by atoms with van der Waals surface area (Å²) in [4.78, 5) is 11.6. The number of hydrogen-bond acceptors (Lipinski definition) is 4. The van der Waals surface area contributed by atoms with Crippen molar-refractivity contribution >= 4 is 17.6 Å². The molecule has 1 aromatic carbocycles. The minimum atomic E-state index is -0.480. The van der Waals surface area contributed by atoms with Crippen LogP contribution in [0.25, 0.3) is 0 Å². The molecule has 0 saturated carbocycles. The van der Waals surface area contributed by atoms with Crippen LogP contribution in [0.5, 0.6) is 0 Å². The van der Waals surface area contributed by atoms with Gasteiger partial charge in [0.2, 0.25) is 0 Å². The van der Waals surface area contributed by atoms with E-state index < -0.39 is 12.7 Å². The van der Waals surface area contributed by atoms with Crippen molar-refractivity contribution in [3.63, 3.8) is 0 Å². The number of benzene rings is 1. The van der Waals surface area contributed by atoms with Crippen LogP contribution < -0.4 is 5.73 Å². The zero-order valence-corrected chi connectivity index (χ0v) is 14.0. The Morgan fingerprint density at radius 1 is 1.52 bits per heavy atom. The van der Waals surface area contributed by atoms with Crippen LogP contribution in [0.15, 0.2) is 18.2 Å². The first-order chi connectivity index (χ1) is 11.0. The van der Waals surface area contributed by atoms with E-state index in [1.165, 1.54) is 0 Å². The molecule has 1 aromatic rings. The van der Waals surface area contributed by atoms with E-state index in [2.05, 4.69) is 0 Å². The predicted molar refractivity (Wildman–Crippen MR) is 87.3 cm³/mol. The van der Waals surface area contributed by atoms with Crippen molar-refractivity contribution in [3.05, 3.63) is 34.3 Å². The lowest BCUT2D eigenvalue weighted by atomic mass is 9.87. The van der Waals surface area contributed by atoms with Crippen molar-refractivity contribution in [2.45, 2.75) is 44.2 Å². The highest BCUT2D eigenvalue weighted by Crippen LogP contribution is 2.33. The molecule has 1 heterocycles. The second-order valence-electron chi connectivity index (χ2n) is 5.80. The third-order valence-electron chi connectivity index (χ3n) is 4.07. The molecule has 0 aromatic heterocycles. The van der Waals surface area contributed by atoms with Gasteiger partial charge < -0.3 is 15.2 Å². The Balaban J connectivity index is 2.13. The van der Waals surface area contributed by atoms with Crippen LogP contribution in [0, 0.1) is 0 Å². The highest BCUT2D eigenvalue weighted by molar-refractivity contribution is 6.30. The third-order valence-corrected chi connectivity index (χ3v) is 4.29. The topological polar surface area (TPSA) is 61.5 Å². The van der Waals surface area contributed by atoms with E-state index >= 15 is 0 Å². The fraction of sp³-hybridized carbons (Fsp3) is 0.588. The number of alkyl halides is 1. The molecule has 0 bridgehead atoms. The molecule has 0 aliphatic carbocycles.